The van der Waals surface area contributed by atoms with Crippen molar-refractivity contribution in [3.05, 3.63) is 17.5 Å². The zero-order chi connectivity index (χ0) is 9.35. The summed E-state index contributed by atoms with van der Waals surface area (Å²) in [5.74, 6) is -3.21. The van der Waals surface area contributed by atoms with Crippen LogP contribution in [0.15, 0.2) is 12.3 Å². The van der Waals surface area contributed by atoms with Gasteiger partial charge in [0, 0.05) is 6.42 Å². The maximum Gasteiger partial charge on any atom is 0.378 e. The molecule has 3 N–H and O–H groups in total. The van der Waals surface area contributed by atoms with E-state index in [1.165, 1.54) is 6.08 Å². The van der Waals surface area contributed by atoms with E-state index in [9.17, 15) is 14.8 Å². The third-order valence-corrected chi connectivity index (χ3v) is 1.84. The smallest absolute Gasteiger partial charge is 0.378 e. The minimum Gasteiger partial charge on any atom is -0.628 e. The van der Waals surface area contributed by atoms with Crippen molar-refractivity contribution in [2.75, 3.05) is 0 Å². The van der Waals surface area contributed by atoms with Gasteiger partial charge in [-0.15, -0.1) is 0 Å². The van der Waals surface area contributed by atoms with Crippen LogP contribution in [0.1, 0.15) is 6.42 Å². The van der Waals surface area contributed by atoms with Crippen LogP contribution in [0.5, 0.6) is 0 Å². The monoisotopic (exact) mass is 173 g/mol. The number of aliphatic carboxylic acids is 2. The summed E-state index contributed by atoms with van der Waals surface area (Å²) in [6, 6.07) is 0. The first kappa shape index (κ1) is 8.69. The topological polar surface area (TPSA) is 102 Å². The Morgan fingerprint density at radius 1 is 1.42 bits per heavy atom. The first-order valence-electron chi connectivity index (χ1n) is 3.19. The fraction of sp³-hybridized carbons (Fsp3) is 0.333. The molecule has 0 aromatic heterocycles. The molecule has 66 valence electrons. The van der Waals surface area contributed by atoms with Crippen molar-refractivity contribution in [3.8, 4) is 0 Å². The molecule has 1 aliphatic heterocycles. The maximum absolute atomic E-state index is 10.9. The lowest BCUT2D eigenvalue weighted by Gasteiger charge is -2.28. The number of quaternary nitrogens is 1. The zero-order valence-electron chi connectivity index (χ0n) is 5.98. The van der Waals surface area contributed by atoms with Crippen molar-refractivity contribution in [1.29, 1.82) is 0 Å². The van der Waals surface area contributed by atoms with Crippen molar-refractivity contribution < 1.29 is 24.9 Å². The second-order valence-corrected chi connectivity index (χ2v) is 2.49. The fourth-order valence-corrected chi connectivity index (χ4v) is 1.06. The number of nitrogens with one attached hydrogen (secondary N) is 1. The van der Waals surface area contributed by atoms with Crippen LogP contribution in [0, 0.1) is 5.21 Å². The third kappa shape index (κ3) is 0.892. The van der Waals surface area contributed by atoms with Crippen molar-refractivity contribution in [3.63, 3.8) is 0 Å². The van der Waals surface area contributed by atoms with Gasteiger partial charge in [0.15, 0.2) is 0 Å². The van der Waals surface area contributed by atoms with E-state index in [1.807, 2.05) is 0 Å². The van der Waals surface area contributed by atoms with E-state index in [2.05, 4.69) is 0 Å². The first-order chi connectivity index (χ1) is 5.51. The second kappa shape index (κ2) is 2.58. The van der Waals surface area contributed by atoms with Gasteiger partial charge in [-0.25, -0.2) is 9.59 Å². The van der Waals surface area contributed by atoms with E-state index >= 15 is 0 Å². The number of hydrogen-bond acceptors (Lipinski definition) is 3. The molecule has 0 radical (unpaired) electrons. The largest absolute Gasteiger partial charge is 0.628 e. The third-order valence-electron chi connectivity index (χ3n) is 1.84. The molecule has 1 atom stereocenters. The van der Waals surface area contributed by atoms with Gasteiger partial charge in [0.2, 0.25) is 0 Å². The van der Waals surface area contributed by atoms with Gasteiger partial charge >= 0.3 is 11.9 Å². The normalized spacial score (nSPS) is 25.6. The number of carbonyl (C=O) groups is 2. The molecular formula is C6H7NO5. The maximum atomic E-state index is 10.9. The Hall–Kier alpha value is -1.40. The highest BCUT2D eigenvalue weighted by molar-refractivity contribution is 6.01. The summed E-state index contributed by atoms with van der Waals surface area (Å²) in [6.07, 6.45) is 1.98. The van der Waals surface area contributed by atoms with Gasteiger partial charge in [-0.05, 0) is 6.08 Å². The number of hydrogen-bond donors (Lipinski definition) is 3. The van der Waals surface area contributed by atoms with E-state index in [0.29, 0.717) is 0 Å². The highest BCUT2D eigenvalue weighted by Crippen LogP contribution is 2.12. The van der Waals surface area contributed by atoms with E-state index in [-0.39, 0.29) is 6.42 Å². The quantitative estimate of drug-likeness (QED) is 0.337. The highest BCUT2D eigenvalue weighted by atomic mass is 16.5. The molecule has 0 saturated heterocycles. The minimum absolute atomic E-state index is 0.267. The molecule has 0 amide bonds. The van der Waals surface area contributed by atoms with Gasteiger partial charge in [-0.1, -0.05) is 0 Å². The van der Waals surface area contributed by atoms with E-state index < -0.39 is 22.5 Å². The highest BCUT2D eigenvalue weighted by Gasteiger charge is 2.54. The minimum atomic E-state index is -2.26. The van der Waals surface area contributed by atoms with Crippen LogP contribution < -0.4 is 5.06 Å². The summed E-state index contributed by atoms with van der Waals surface area (Å²) >= 11 is 0. The molecule has 12 heavy (non-hydrogen) atoms. The molecule has 1 unspecified atom stereocenters. The second-order valence-electron chi connectivity index (χ2n) is 2.49. The Bertz CT molecular complexity index is 245. The summed E-state index contributed by atoms with van der Waals surface area (Å²) in [5.41, 5.74) is -2.26. The lowest BCUT2D eigenvalue weighted by atomic mass is 9.98. The van der Waals surface area contributed by atoms with E-state index in [1.54, 1.807) is 0 Å². The lowest BCUT2D eigenvalue weighted by Crippen LogP contribution is -3.13. The Morgan fingerprint density at radius 3 is 2.08 bits per heavy atom. The van der Waals surface area contributed by atoms with Gasteiger partial charge in [0.1, 0.15) is 0 Å². The molecule has 0 aliphatic carbocycles. The average molecular weight is 173 g/mol. The van der Waals surface area contributed by atoms with Crippen molar-refractivity contribution >= 4 is 11.9 Å². The molecule has 0 fully saturated rings. The Kier molecular flexibility index (Phi) is 1.87. The summed E-state index contributed by atoms with van der Waals surface area (Å²) in [4.78, 5) is 21.1. The molecule has 1 heterocycles. The molecule has 0 aromatic rings. The molecule has 0 bridgehead atoms. The van der Waals surface area contributed by atoms with Crippen molar-refractivity contribution in [2.45, 2.75) is 12.0 Å². The fourth-order valence-electron chi connectivity index (χ4n) is 1.06. The predicted molar refractivity (Wildman–Crippen MR) is 36.1 cm³/mol. The van der Waals surface area contributed by atoms with Crippen LogP contribution in [0.3, 0.4) is 0 Å². The number of rotatable bonds is 2. The van der Waals surface area contributed by atoms with Gasteiger partial charge in [-0.3, -0.25) is 0 Å². The number of carboxylic acid groups (broad SMARTS) is 2. The summed E-state index contributed by atoms with van der Waals surface area (Å²) < 4.78 is 0. The van der Waals surface area contributed by atoms with E-state index in [0.717, 1.165) is 6.20 Å². The molecule has 0 aromatic carbocycles. The van der Waals surface area contributed by atoms with E-state index in [4.69, 9.17) is 10.2 Å². The van der Waals surface area contributed by atoms with Gasteiger partial charge < -0.3 is 20.5 Å². The van der Waals surface area contributed by atoms with Crippen molar-refractivity contribution in [2.24, 2.45) is 0 Å². The van der Waals surface area contributed by atoms with Gasteiger partial charge in [0.25, 0.3) is 5.54 Å². The molecule has 1 rings (SSSR count). The van der Waals surface area contributed by atoms with Crippen LogP contribution in [0.25, 0.3) is 0 Å². The van der Waals surface area contributed by atoms with Crippen LogP contribution in [-0.4, -0.2) is 27.7 Å². The molecule has 1 aliphatic rings. The molecule has 6 nitrogen and oxygen atoms in total. The molecular weight excluding hydrogens is 166 g/mol. The van der Waals surface area contributed by atoms with Crippen LogP contribution in [0.2, 0.25) is 0 Å². The summed E-state index contributed by atoms with van der Waals surface area (Å²) in [7, 11) is 0. The molecule has 6 heteroatoms. The Labute approximate surface area is 67.3 Å². The van der Waals surface area contributed by atoms with Gasteiger partial charge in [-0.2, -0.15) is 0 Å². The molecule has 0 saturated carbocycles. The standard InChI is InChI=1S/C6H7NO5/c8-4(9)6(5(10)11)2-1-3-7(6)12/h1,3,7H,2H2,(H,8,9)(H,10,11). The molecule has 0 spiro atoms. The Morgan fingerprint density at radius 2 is 1.92 bits per heavy atom. The van der Waals surface area contributed by atoms with Crippen LogP contribution >= 0.6 is 0 Å². The van der Waals surface area contributed by atoms with Crippen LogP contribution in [-0.2, 0) is 9.59 Å². The Balaban J connectivity index is 3.05. The van der Waals surface area contributed by atoms with Gasteiger partial charge in [0.05, 0.1) is 6.20 Å². The number of hydroxylamine groups is 2. The first-order valence-corrected chi connectivity index (χ1v) is 3.19. The SMILES string of the molecule is O=C(O)C1(C(=O)O)CC=C[NH+]1[O-]. The lowest BCUT2D eigenvalue weighted by molar-refractivity contribution is -0.824. The van der Waals surface area contributed by atoms with Crippen molar-refractivity contribution in [1.82, 2.24) is 0 Å². The average Bonchev–Trinajstić information content (AvgIpc) is 2.31. The van der Waals surface area contributed by atoms with Crippen LogP contribution in [0.4, 0.5) is 0 Å². The summed E-state index contributed by atoms with van der Waals surface area (Å²) in [5, 5.41) is 27.2. The predicted octanol–water partition coefficient (Wildman–Crippen LogP) is -1.81. The number of carboxylic acids is 2. The zero-order valence-corrected chi connectivity index (χ0v) is 5.98. The summed E-state index contributed by atoms with van der Waals surface area (Å²) in [6.45, 7) is 0.